The monoisotopic (exact) mass is 566 g/mol. The molecular weight excluding hydrogens is 524 g/mol. The van der Waals surface area contributed by atoms with Crippen LogP contribution < -0.4 is 10.6 Å². The smallest absolute Gasteiger partial charge is 0.319 e. The molecule has 1 heterocycles. The second-order valence-electron chi connectivity index (χ2n) is 12.5. The molecule has 216 valence electrons. The van der Waals surface area contributed by atoms with Gasteiger partial charge in [0, 0.05) is 34.2 Å². The van der Waals surface area contributed by atoms with Crippen molar-refractivity contribution in [2.45, 2.75) is 76.1 Å². The van der Waals surface area contributed by atoms with Crippen LogP contribution in [0.4, 0.5) is 10.5 Å². The first kappa shape index (κ1) is 28.0. The highest BCUT2D eigenvalue weighted by molar-refractivity contribution is 7.99. The number of aliphatic hydroxyl groups is 2. The van der Waals surface area contributed by atoms with Gasteiger partial charge < -0.3 is 30.3 Å². The number of anilines is 1. The van der Waals surface area contributed by atoms with Crippen LogP contribution in [0.25, 0.3) is 0 Å². The fourth-order valence-electron chi connectivity index (χ4n) is 7.96. The topological polar surface area (TPSA) is 100 Å². The molecule has 0 unspecified atom stereocenters. The first-order valence-electron chi connectivity index (χ1n) is 14.8. The molecule has 4 aliphatic carbocycles. The maximum absolute atomic E-state index is 13.0. The van der Waals surface area contributed by atoms with Crippen LogP contribution in [0.1, 0.15) is 74.5 Å². The second kappa shape index (κ2) is 12.0. The van der Waals surface area contributed by atoms with Gasteiger partial charge in [-0.1, -0.05) is 43.3 Å². The van der Waals surface area contributed by atoms with Crippen molar-refractivity contribution in [2.24, 2.45) is 23.7 Å². The number of aliphatic hydroxyl groups excluding tert-OH is 2. The Hall–Kier alpha value is -2.10. The number of nitrogens with one attached hydrogen (secondary N) is 2. The van der Waals surface area contributed by atoms with E-state index >= 15 is 0 Å². The summed E-state index contributed by atoms with van der Waals surface area (Å²) >= 11 is 1.68. The van der Waals surface area contributed by atoms with Crippen molar-refractivity contribution < 1.29 is 24.5 Å². The van der Waals surface area contributed by atoms with Crippen molar-refractivity contribution in [2.75, 3.05) is 23.4 Å². The number of hydrogen-bond acceptors (Lipinski definition) is 6. The second-order valence-corrected chi connectivity index (χ2v) is 13.7. The predicted molar refractivity (Wildman–Crippen MR) is 157 cm³/mol. The summed E-state index contributed by atoms with van der Waals surface area (Å²) in [6, 6.07) is 15.5. The van der Waals surface area contributed by atoms with Crippen LogP contribution in [0.3, 0.4) is 0 Å². The molecule has 7 rings (SSSR count). The normalized spacial score (nSPS) is 34.5. The summed E-state index contributed by atoms with van der Waals surface area (Å²) < 4.78 is 13.0. The Bertz CT molecular complexity index is 1120. The zero-order valence-electron chi connectivity index (χ0n) is 23.3. The van der Waals surface area contributed by atoms with E-state index in [4.69, 9.17) is 9.47 Å². The van der Waals surface area contributed by atoms with Gasteiger partial charge in [0.25, 0.3) is 0 Å². The Balaban J connectivity index is 1.12. The molecule has 4 bridgehead atoms. The number of amides is 2. The van der Waals surface area contributed by atoms with Gasteiger partial charge in [-0.2, -0.15) is 11.8 Å². The van der Waals surface area contributed by atoms with Gasteiger partial charge in [0.1, 0.15) is 0 Å². The van der Waals surface area contributed by atoms with Crippen LogP contribution in [-0.2, 0) is 16.1 Å². The average molecular weight is 567 g/mol. The van der Waals surface area contributed by atoms with Crippen molar-refractivity contribution in [3.63, 3.8) is 0 Å². The van der Waals surface area contributed by atoms with E-state index in [1.165, 1.54) is 19.3 Å². The first-order chi connectivity index (χ1) is 19.4. The van der Waals surface area contributed by atoms with Crippen molar-refractivity contribution in [1.82, 2.24) is 5.32 Å². The molecule has 0 aromatic heterocycles. The summed E-state index contributed by atoms with van der Waals surface area (Å²) in [6.45, 7) is 2.29. The van der Waals surface area contributed by atoms with Crippen LogP contribution in [0, 0.1) is 23.7 Å². The van der Waals surface area contributed by atoms with Crippen molar-refractivity contribution in [3.05, 3.63) is 65.2 Å². The number of rotatable bonds is 9. The Labute approximate surface area is 241 Å². The minimum atomic E-state index is -0.548. The SMILES string of the molecule is C[C@H]1[C@@H](CSCCO)O[C@@H](c2ccc(NC(=O)NC34CC5CC(CC(C5)C3)C4)cc2)O[C@H]1c1ccc(CO)cc1. The zero-order valence-corrected chi connectivity index (χ0v) is 24.1. The average Bonchev–Trinajstić information content (AvgIpc) is 2.93. The van der Waals surface area contributed by atoms with E-state index in [0.717, 1.165) is 65.1 Å². The molecule has 5 fully saturated rings. The van der Waals surface area contributed by atoms with E-state index in [1.807, 2.05) is 48.5 Å². The highest BCUT2D eigenvalue weighted by Crippen LogP contribution is 2.55. The molecule has 7 nitrogen and oxygen atoms in total. The van der Waals surface area contributed by atoms with Gasteiger partial charge in [0.2, 0.25) is 0 Å². The first-order valence-corrected chi connectivity index (χ1v) is 16.0. The summed E-state index contributed by atoms with van der Waals surface area (Å²) in [5.41, 5.74) is 3.54. The maximum atomic E-state index is 13.0. The van der Waals surface area contributed by atoms with Crippen LogP contribution in [0.5, 0.6) is 0 Å². The Morgan fingerprint density at radius 3 is 2.15 bits per heavy atom. The van der Waals surface area contributed by atoms with E-state index in [1.54, 1.807) is 11.8 Å². The molecule has 0 radical (unpaired) electrons. The van der Waals surface area contributed by atoms with E-state index in [9.17, 15) is 15.0 Å². The third-order valence-electron chi connectivity index (χ3n) is 9.50. The molecule has 1 saturated heterocycles. The number of urea groups is 1. The van der Waals surface area contributed by atoms with E-state index in [0.29, 0.717) is 5.75 Å². The van der Waals surface area contributed by atoms with Gasteiger partial charge >= 0.3 is 6.03 Å². The lowest BCUT2D eigenvalue weighted by atomic mass is 9.53. The zero-order chi connectivity index (χ0) is 27.7. The number of benzene rings is 2. The summed E-state index contributed by atoms with van der Waals surface area (Å²) in [6.07, 6.45) is 6.66. The number of ether oxygens (including phenoxy) is 2. The van der Waals surface area contributed by atoms with Crippen molar-refractivity contribution >= 4 is 23.5 Å². The van der Waals surface area contributed by atoms with Crippen molar-refractivity contribution in [3.8, 4) is 0 Å². The molecule has 8 heteroatoms. The lowest BCUT2D eigenvalue weighted by Gasteiger charge is -2.56. The third-order valence-corrected chi connectivity index (χ3v) is 10.5. The van der Waals surface area contributed by atoms with E-state index in [2.05, 4.69) is 17.6 Å². The molecule has 2 aromatic carbocycles. The summed E-state index contributed by atoms with van der Waals surface area (Å²) in [5.74, 6) is 3.89. The highest BCUT2D eigenvalue weighted by Gasteiger charge is 2.51. The highest BCUT2D eigenvalue weighted by atomic mass is 32.2. The van der Waals surface area contributed by atoms with Gasteiger partial charge in [-0.3, -0.25) is 0 Å². The van der Waals surface area contributed by atoms with Crippen LogP contribution in [0.15, 0.2) is 48.5 Å². The Morgan fingerprint density at radius 1 is 0.925 bits per heavy atom. The van der Waals surface area contributed by atoms with Crippen molar-refractivity contribution in [1.29, 1.82) is 0 Å². The molecule has 5 aliphatic rings. The minimum Gasteiger partial charge on any atom is -0.396 e. The molecule has 2 amide bonds. The fraction of sp³-hybridized carbons (Fsp3) is 0.594. The molecule has 0 spiro atoms. The van der Waals surface area contributed by atoms with Gasteiger partial charge in [-0.15, -0.1) is 0 Å². The standard InChI is InChI=1S/C32H42N2O5S/c1-20-28(19-40-11-10-35)38-30(39-29(20)25-4-2-21(18-36)3-5-25)26-6-8-27(9-7-26)33-31(37)34-32-15-22-12-23(16-32)14-24(13-22)17-32/h2-9,20,22-24,28-30,35-36H,10-19H2,1H3,(H2,33,34,37)/t20-,22?,23?,24?,28+,29+,30+,32?/m0/s1. The quantitative estimate of drug-likeness (QED) is 0.287. The Kier molecular flexibility index (Phi) is 8.43. The number of hydrogen-bond donors (Lipinski definition) is 4. The van der Waals surface area contributed by atoms with Crippen LogP contribution >= 0.6 is 11.8 Å². The van der Waals surface area contributed by atoms with Gasteiger partial charge in [0.15, 0.2) is 6.29 Å². The summed E-state index contributed by atoms with van der Waals surface area (Å²) in [7, 11) is 0. The lowest BCUT2D eigenvalue weighted by Crippen LogP contribution is -2.60. The molecule has 40 heavy (non-hydrogen) atoms. The predicted octanol–water partition coefficient (Wildman–Crippen LogP) is 5.79. The molecule has 4 N–H and O–H groups in total. The molecule has 4 atom stereocenters. The molecule has 4 saturated carbocycles. The van der Waals surface area contributed by atoms with Crippen LogP contribution in [0.2, 0.25) is 0 Å². The number of carbonyl (C=O) groups excluding carboxylic acids is 1. The molecule has 2 aromatic rings. The maximum Gasteiger partial charge on any atom is 0.319 e. The minimum absolute atomic E-state index is 0.00840. The van der Waals surface area contributed by atoms with E-state index in [-0.39, 0.29) is 42.9 Å². The molecule has 1 aliphatic heterocycles. The van der Waals surface area contributed by atoms with Gasteiger partial charge in [-0.25, -0.2) is 4.79 Å². The van der Waals surface area contributed by atoms with Gasteiger partial charge in [0.05, 0.1) is 25.4 Å². The summed E-state index contributed by atoms with van der Waals surface area (Å²) in [5, 5.41) is 25.2. The number of thioether (sulfide) groups is 1. The van der Waals surface area contributed by atoms with Crippen LogP contribution in [-0.4, -0.2) is 46.0 Å². The lowest BCUT2D eigenvalue weighted by molar-refractivity contribution is -0.268. The van der Waals surface area contributed by atoms with E-state index < -0.39 is 6.29 Å². The Morgan fingerprint density at radius 2 is 1.55 bits per heavy atom. The largest absolute Gasteiger partial charge is 0.396 e. The fourth-order valence-corrected chi connectivity index (χ4v) is 8.87. The molecular formula is C32H42N2O5S. The number of carbonyl (C=O) groups is 1. The third kappa shape index (κ3) is 6.07. The summed E-state index contributed by atoms with van der Waals surface area (Å²) in [4.78, 5) is 13.0. The van der Waals surface area contributed by atoms with Gasteiger partial charge in [-0.05, 0) is 79.5 Å².